The van der Waals surface area contributed by atoms with Gasteiger partial charge >= 0.3 is 0 Å². The Labute approximate surface area is 257 Å². The van der Waals surface area contributed by atoms with E-state index in [1.165, 1.54) is 12.1 Å². The number of nitrogens with one attached hydrogen (secondary N) is 2. The smallest absolute Gasteiger partial charge is 0.261 e. The highest BCUT2D eigenvalue weighted by Gasteiger charge is 2.20. The van der Waals surface area contributed by atoms with Gasteiger partial charge in [-0.15, -0.1) is 0 Å². The van der Waals surface area contributed by atoms with Gasteiger partial charge in [0.1, 0.15) is 5.75 Å². The topological polar surface area (TPSA) is 91.0 Å². The van der Waals surface area contributed by atoms with Crippen LogP contribution in [0, 0.1) is 0 Å². The SMILES string of the molecule is COc1ccccc1N1CCN(Cc2ccc(C(=O)Nc3ccc(S(=O)(=O)Nc4cccc5ccccc45)cc3)cc2)CC1. The van der Waals surface area contributed by atoms with Crippen molar-refractivity contribution in [1.82, 2.24) is 4.90 Å². The second-order valence-electron chi connectivity index (χ2n) is 10.7. The molecule has 8 nitrogen and oxygen atoms in total. The molecule has 2 N–H and O–H groups in total. The second kappa shape index (κ2) is 12.8. The molecule has 9 heteroatoms. The lowest BCUT2D eigenvalue weighted by atomic mass is 10.1. The van der Waals surface area contributed by atoms with Crippen LogP contribution in [0.1, 0.15) is 15.9 Å². The van der Waals surface area contributed by atoms with E-state index in [1.54, 1.807) is 25.3 Å². The van der Waals surface area contributed by atoms with Crippen LogP contribution < -0.4 is 19.7 Å². The van der Waals surface area contributed by atoms with E-state index >= 15 is 0 Å². The predicted octanol–water partition coefficient (Wildman–Crippen LogP) is 6.22. The van der Waals surface area contributed by atoms with Crippen LogP contribution in [0.4, 0.5) is 17.1 Å². The van der Waals surface area contributed by atoms with Gasteiger partial charge < -0.3 is 15.0 Å². The number of ether oxygens (including phenoxy) is 1. The number of para-hydroxylation sites is 2. The van der Waals surface area contributed by atoms with Crippen LogP contribution >= 0.6 is 0 Å². The normalized spacial score (nSPS) is 13.9. The number of nitrogens with zero attached hydrogens (tertiary/aromatic N) is 2. The van der Waals surface area contributed by atoms with Gasteiger partial charge in [-0.25, -0.2) is 8.42 Å². The van der Waals surface area contributed by atoms with Crippen LogP contribution in [-0.2, 0) is 16.6 Å². The third-order valence-electron chi connectivity index (χ3n) is 7.88. The van der Waals surface area contributed by atoms with E-state index in [-0.39, 0.29) is 10.8 Å². The van der Waals surface area contributed by atoms with E-state index < -0.39 is 10.0 Å². The number of methoxy groups -OCH3 is 1. The number of fused-ring (bicyclic) bond motifs is 1. The van der Waals surface area contributed by atoms with Crippen LogP contribution in [0.5, 0.6) is 5.75 Å². The van der Waals surface area contributed by atoms with Gasteiger partial charge in [0.05, 0.1) is 23.4 Å². The molecule has 0 radical (unpaired) electrons. The predicted molar refractivity (Wildman–Crippen MR) is 176 cm³/mol. The van der Waals surface area contributed by atoms with Crippen LogP contribution in [0.2, 0.25) is 0 Å². The van der Waals surface area contributed by atoms with Crippen LogP contribution in [-0.4, -0.2) is 52.5 Å². The maximum absolute atomic E-state index is 13.1. The summed E-state index contributed by atoms with van der Waals surface area (Å²) in [7, 11) is -2.11. The highest BCUT2D eigenvalue weighted by atomic mass is 32.2. The molecule has 1 fully saturated rings. The van der Waals surface area contributed by atoms with Crippen molar-refractivity contribution in [3.8, 4) is 5.75 Å². The standard InChI is InChI=1S/C35H34N4O4S/c1-43-34-12-5-4-11-33(34)39-23-21-38(22-24-39)25-26-13-15-28(16-14-26)35(40)36-29-17-19-30(20-18-29)44(41,42)37-32-10-6-8-27-7-2-3-9-31(27)32/h2-20,37H,21-25H2,1H3,(H,36,40). The molecule has 0 atom stereocenters. The maximum atomic E-state index is 13.1. The molecule has 6 rings (SSSR count). The number of hydrogen-bond donors (Lipinski definition) is 2. The molecule has 0 spiro atoms. The Kier molecular flexibility index (Phi) is 8.49. The summed E-state index contributed by atoms with van der Waals surface area (Å²) >= 11 is 0. The number of rotatable bonds is 9. The fourth-order valence-electron chi connectivity index (χ4n) is 5.50. The van der Waals surface area contributed by atoms with Crippen molar-refractivity contribution in [3.63, 3.8) is 0 Å². The third-order valence-corrected chi connectivity index (χ3v) is 9.26. The number of anilines is 3. The summed E-state index contributed by atoms with van der Waals surface area (Å²) in [5.74, 6) is 0.635. The third kappa shape index (κ3) is 6.54. The van der Waals surface area contributed by atoms with Crippen LogP contribution in [0.15, 0.2) is 120 Å². The zero-order chi connectivity index (χ0) is 30.5. The number of carbonyl (C=O) groups is 1. The fourth-order valence-corrected chi connectivity index (χ4v) is 6.58. The van der Waals surface area contributed by atoms with Crippen molar-refractivity contribution < 1.29 is 17.9 Å². The molecule has 1 heterocycles. The summed E-state index contributed by atoms with van der Waals surface area (Å²) in [6.45, 7) is 4.51. The minimum Gasteiger partial charge on any atom is -0.495 e. The van der Waals surface area contributed by atoms with E-state index in [0.717, 1.165) is 60.5 Å². The average molecular weight is 607 g/mol. The molecule has 1 aliphatic rings. The molecular formula is C35H34N4O4S. The first-order chi connectivity index (χ1) is 21.4. The summed E-state index contributed by atoms with van der Waals surface area (Å²) in [6, 6.07) is 35.0. The molecular weight excluding hydrogens is 572 g/mol. The van der Waals surface area contributed by atoms with E-state index in [0.29, 0.717) is 16.9 Å². The zero-order valence-electron chi connectivity index (χ0n) is 24.4. The van der Waals surface area contributed by atoms with Gasteiger partial charge in [0.15, 0.2) is 0 Å². The largest absolute Gasteiger partial charge is 0.495 e. The lowest BCUT2D eigenvalue weighted by Crippen LogP contribution is -2.46. The number of sulfonamides is 1. The summed E-state index contributed by atoms with van der Waals surface area (Å²) in [5.41, 5.74) is 3.82. The Morgan fingerprint density at radius 2 is 1.45 bits per heavy atom. The van der Waals surface area contributed by atoms with Gasteiger partial charge in [0.2, 0.25) is 0 Å². The number of amides is 1. The van der Waals surface area contributed by atoms with Crippen molar-refractivity contribution in [2.24, 2.45) is 0 Å². The van der Waals surface area contributed by atoms with Gasteiger partial charge in [-0.3, -0.25) is 14.4 Å². The van der Waals surface area contributed by atoms with Gasteiger partial charge in [0.25, 0.3) is 15.9 Å². The van der Waals surface area contributed by atoms with E-state index in [2.05, 4.69) is 25.9 Å². The van der Waals surface area contributed by atoms with Crippen molar-refractivity contribution in [3.05, 3.63) is 126 Å². The molecule has 1 aliphatic heterocycles. The molecule has 0 aliphatic carbocycles. The van der Waals surface area contributed by atoms with Crippen molar-refractivity contribution in [1.29, 1.82) is 0 Å². The zero-order valence-corrected chi connectivity index (χ0v) is 25.3. The van der Waals surface area contributed by atoms with E-state index in [4.69, 9.17) is 4.74 Å². The second-order valence-corrected chi connectivity index (χ2v) is 12.4. The molecule has 44 heavy (non-hydrogen) atoms. The van der Waals surface area contributed by atoms with Gasteiger partial charge in [0, 0.05) is 49.4 Å². The Morgan fingerprint density at radius 1 is 0.773 bits per heavy atom. The molecule has 1 saturated heterocycles. The molecule has 0 unspecified atom stereocenters. The summed E-state index contributed by atoms with van der Waals surface area (Å²) in [6.07, 6.45) is 0. The summed E-state index contributed by atoms with van der Waals surface area (Å²) in [4.78, 5) is 17.8. The molecule has 224 valence electrons. The Morgan fingerprint density at radius 3 is 2.20 bits per heavy atom. The van der Waals surface area contributed by atoms with Crippen LogP contribution in [0.25, 0.3) is 10.8 Å². The van der Waals surface area contributed by atoms with Crippen LogP contribution in [0.3, 0.4) is 0 Å². The maximum Gasteiger partial charge on any atom is 0.261 e. The minimum absolute atomic E-state index is 0.108. The van der Waals surface area contributed by atoms with E-state index in [1.807, 2.05) is 78.9 Å². The highest BCUT2D eigenvalue weighted by molar-refractivity contribution is 7.92. The average Bonchev–Trinajstić information content (AvgIpc) is 3.06. The number of hydrogen-bond acceptors (Lipinski definition) is 6. The Balaban J connectivity index is 1.03. The fraction of sp³-hybridized carbons (Fsp3) is 0.171. The number of carbonyl (C=O) groups excluding carboxylic acids is 1. The van der Waals surface area contributed by atoms with Gasteiger partial charge in [-0.05, 0) is 65.5 Å². The summed E-state index contributed by atoms with van der Waals surface area (Å²) in [5, 5.41) is 4.63. The first-order valence-corrected chi connectivity index (χ1v) is 16.0. The monoisotopic (exact) mass is 606 g/mol. The number of piperazine rings is 1. The van der Waals surface area contributed by atoms with Crippen molar-refractivity contribution >= 4 is 43.8 Å². The molecule has 0 bridgehead atoms. The van der Waals surface area contributed by atoms with Gasteiger partial charge in [-0.2, -0.15) is 0 Å². The summed E-state index contributed by atoms with van der Waals surface area (Å²) < 4.78 is 34.4. The Hall–Kier alpha value is -4.86. The van der Waals surface area contributed by atoms with E-state index in [9.17, 15) is 13.2 Å². The lowest BCUT2D eigenvalue weighted by Gasteiger charge is -2.36. The molecule has 0 aromatic heterocycles. The van der Waals surface area contributed by atoms with Crippen molar-refractivity contribution in [2.75, 3.05) is 48.2 Å². The first-order valence-electron chi connectivity index (χ1n) is 14.5. The lowest BCUT2D eigenvalue weighted by molar-refractivity contribution is 0.102. The molecule has 0 saturated carbocycles. The molecule has 5 aromatic rings. The quantitative estimate of drug-likeness (QED) is 0.207. The molecule has 1 amide bonds. The highest BCUT2D eigenvalue weighted by Crippen LogP contribution is 2.29. The van der Waals surface area contributed by atoms with Gasteiger partial charge in [-0.1, -0.05) is 60.7 Å². The van der Waals surface area contributed by atoms with Crippen molar-refractivity contribution in [2.45, 2.75) is 11.4 Å². The molecule has 5 aromatic carbocycles. The Bertz CT molecular complexity index is 1860. The number of benzene rings is 5. The minimum atomic E-state index is -3.81. The first kappa shape index (κ1) is 29.2.